The third kappa shape index (κ3) is 6.15. The van der Waals surface area contributed by atoms with Gasteiger partial charge in [-0.25, -0.2) is 0 Å². The third-order valence-corrected chi connectivity index (χ3v) is 5.29. The Morgan fingerprint density at radius 3 is 2.68 bits per heavy atom. The van der Waals surface area contributed by atoms with Gasteiger partial charge in [0, 0.05) is 19.5 Å². The van der Waals surface area contributed by atoms with E-state index in [-0.39, 0.29) is 18.4 Å². The molecule has 1 atom stereocenters. The van der Waals surface area contributed by atoms with Crippen LogP contribution >= 0.6 is 0 Å². The standard InChI is InChI=1S/C24H27N3O4/c28-23(18-30-21-11-5-2-6-12-21)27-14-7-10-20(16-27)24-25-22(26-31-24)13-15-29-17-19-8-3-1-4-9-19/h1-6,8-9,11-12,20H,7,10,13-18H2. The summed E-state index contributed by atoms with van der Waals surface area (Å²) in [6.45, 7) is 2.42. The van der Waals surface area contributed by atoms with E-state index < -0.39 is 0 Å². The number of hydrogen-bond donors (Lipinski definition) is 0. The monoisotopic (exact) mass is 421 g/mol. The summed E-state index contributed by atoms with van der Waals surface area (Å²) in [7, 11) is 0. The molecular weight excluding hydrogens is 394 g/mol. The van der Waals surface area contributed by atoms with Crippen molar-refractivity contribution in [1.29, 1.82) is 0 Å². The average molecular weight is 421 g/mol. The number of aromatic nitrogens is 2. The van der Waals surface area contributed by atoms with Gasteiger partial charge < -0.3 is 18.9 Å². The van der Waals surface area contributed by atoms with E-state index in [1.165, 1.54) is 0 Å². The molecule has 1 fully saturated rings. The first-order valence-electron chi connectivity index (χ1n) is 10.7. The molecule has 162 valence electrons. The van der Waals surface area contributed by atoms with Crippen molar-refractivity contribution in [3.63, 3.8) is 0 Å². The Morgan fingerprint density at radius 2 is 1.87 bits per heavy atom. The number of rotatable bonds is 9. The van der Waals surface area contributed by atoms with Crippen molar-refractivity contribution in [3.8, 4) is 5.75 Å². The van der Waals surface area contributed by atoms with Crippen molar-refractivity contribution in [2.24, 2.45) is 0 Å². The lowest BCUT2D eigenvalue weighted by Crippen LogP contribution is -2.41. The zero-order valence-electron chi connectivity index (χ0n) is 17.5. The molecule has 0 saturated carbocycles. The molecule has 0 spiro atoms. The summed E-state index contributed by atoms with van der Waals surface area (Å²) in [5, 5.41) is 4.09. The van der Waals surface area contributed by atoms with E-state index in [9.17, 15) is 4.79 Å². The number of carbonyl (C=O) groups is 1. The molecule has 3 aromatic rings. The highest BCUT2D eigenvalue weighted by molar-refractivity contribution is 5.78. The molecule has 4 rings (SSSR count). The largest absolute Gasteiger partial charge is 0.484 e. The fourth-order valence-corrected chi connectivity index (χ4v) is 3.62. The molecular formula is C24H27N3O4. The van der Waals surface area contributed by atoms with Gasteiger partial charge in [-0.1, -0.05) is 53.7 Å². The summed E-state index contributed by atoms with van der Waals surface area (Å²) < 4.78 is 16.8. The Balaban J connectivity index is 1.23. The van der Waals surface area contributed by atoms with E-state index in [0.717, 1.165) is 24.9 Å². The van der Waals surface area contributed by atoms with Gasteiger partial charge in [0.15, 0.2) is 12.4 Å². The van der Waals surface area contributed by atoms with Gasteiger partial charge in [0.05, 0.1) is 19.1 Å². The molecule has 2 heterocycles. The molecule has 2 aromatic carbocycles. The molecule has 1 aliphatic heterocycles. The van der Waals surface area contributed by atoms with E-state index >= 15 is 0 Å². The van der Waals surface area contributed by atoms with Gasteiger partial charge in [-0.05, 0) is 30.5 Å². The topological polar surface area (TPSA) is 77.7 Å². The van der Waals surface area contributed by atoms with Crippen molar-refractivity contribution in [2.45, 2.75) is 31.8 Å². The minimum Gasteiger partial charge on any atom is -0.484 e. The van der Waals surface area contributed by atoms with Crippen LogP contribution in [0, 0.1) is 0 Å². The predicted molar refractivity (Wildman–Crippen MR) is 115 cm³/mol. The minimum atomic E-state index is -0.0254. The van der Waals surface area contributed by atoms with Crippen LogP contribution in [0.3, 0.4) is 0 Å². The van der Waals surface area contributed by atoms with Crippen LogP contribution in [0.2, 0.25) is 0 Å². The van der Waals surface area contributed by atoms with Gasteiger partial charge in [-0.15, -0.1) is 0 Å². The Bertz CT molecular complexity index is 946. The zero-order chi connectivity index (χ0) is 21.3. The van der Waals surface area contributed by atoms with Crippen molar-refractivity contribution in [3.05, 3.63) is 77.9 Å². The molecule has 7 nitrogen and oxygen atoms in total. The van der Waals surface area contributed by atoms with Gasteiger partial charge in [0.1, 0.15) is 5.75 Å². The number of para-hydroxylation sites is 1. The van der Waals surface area contributed by atoms with Crippen LogP contribution < -0.4 is 4.74 Å². The summed E-state index contributed by atoms with van der Waals surface area (Å²) in [6, 6.07) is 19.4. The number of piperidine rings is 1. The van der Waals surface area contributed by atoms with Gasteiger partial charge in [-0.2, -0.15) is 4.98 Å². The second-order valence-corrected chi connectivity index (χ2v) is 7.62. The molecule has 1 unspecified atom stereocenters. The number of nitrogens with zero attached hydrogens (tertiary/aromatic N) is 3. The lowest BCUT2D eigenvalue weighted by atomic mass is 9.98. The molecule has 0 bridgehead atoms. The maximum absolute atomic E-state index is 12.6. The maximum atomic E-state index is 12.6. The molecule has 0 N–H and O–H groups in total. The van der Waals surface area contributed by atoms with Crippen molar-refractivity contribution in [1.82, 2.24) is 15.0 Å². The van der Waals surface area contributed by atoms with Gasteiger partial charge in [0.25, 0.3) is 5.91 Å². The Morgan fingerprint density at radius 1 is 1.10 bits per heavy atom. The summed E-state index contributed by atoms with van der Waals surface area (Å²) in [4.78, 5) is 18.9. The van der Waals surface area contributed by atoms with E-state index in [2.05, 4.69) is 10.1 Å². The van der Waals surface area contributed by atoms with Crippen LogP contribution in [0.5, 0.6) is 5.75 Å². The number of likely N-dealkylation sites (tertiary alicyclic amines) is 1. The van der Waals surface area contributed by atoms with Crippen LogP contribution in [-0.4, -0.2) is 47.3 Å². The molecule has 1 saturated heterocycles. The first-order valence-corrected chi connectivity index (χ1v) is 10.7. The Labute approximate surface area is 182 Å². The SMILES string of the molecule is O=C(COc1ccccc1)N1CCCC(c2nc(CCOCc3ccccc3)no2)C1. The third-order valence-electron chi connectivity index (χ3n) is 5.29. The minimum absolute atomic E-state index is 0.0254. The predicted octanol–water partition coefficient (Wildman–Crippen LogP) is 3.61. The van der Waals surface area contributed by atoms with Gasteiger partial charge in [-0.3, -0.25) is 4.79 Å². The van der Waals surface area contributed by atoms with Gasteiger partial charge >= 0.3 is 0 Å². The van der Waals surface area contributed by atoms with Crippen LogP contribution in [0.1, 0.15) is 36.0 Å². The molecule has 0 aliphatic carbocycles. The normalized spacial score (nSPS) is 16.3. The molecule has 7 heteroatoms. The van der Waals surface area contributed by atoms with Crippen LogP contribution in [-0.2, 0) is 22.6 Å². The van der Waals surface area contributed by atoms with Gasteiger partial charge in [0.2, 0.25) is 5.89 Å². The highest BCUT2D eigenvalue weighted by Crippen LogP contribution is 2.26. The van der Waals surface area contributed by atoms with E-state index in [1.807, 2.05) is 65.6 Å². The highest BCUT2D eigenvalue weighted by Gasteiger charge is 2.28. The van der Waals surface area contributed by atoms with Crippen molar-refractivity contribution < 1.29 is 18.8 Å². The first kappa shape index (κ1) is 21.1. The number of carbonyl (C=O) groups excluding carboxylic acids is 1. The lowest BCUT2D eigenvalue weighted by molar-refractivity contribution is -0.134. The van der Waals surface area contributed by atoms with Crippen LogP contribution in [0.4, 0.5) is 0 Å². The smallest absolute Gasteiger partial charge is 0.260 e. The van der Waals surface area contributed by atoms with Crippen LogP contribution in [0.15, 0.2) is 65.2 Å². The average Bonchev–Trinajstić information content (AvgIpc) is 3.31. The number of benzene rings is 2. The van der Waals surface area contributed by atoms with Crippen molar-refractivity contribution >= 4 is 5.91 Å². The molecule has 0 radical (unpaired) electrons. The lowest BCUT2D eigenvalue weighted by Gasteiger charge is -2.30. The molecule has 31 heavy (non-hydrogen) atoms. The van der Waals surface area contributed by atoms with E-state index in [1.54, 1.807) is 0 Å². The second-order valence-electron chi connectivity index (χ2n) is 7.62. The quantitative estimate of drug-likeness (QED) is 0.491. The molecule has 1 aromatic heterocycles. The summed E-state index contributed by atoms with van der Waals surface area (Å²) in [5.41, 5.74) is 1.14. The van der Waals surface area contributed by atoms with Crippen LogP contribution in [0.25, 0.3) is 0 Å². The fourth-order valence-electron chi connectivity index (χ4n) is 3.62. The summed E-state index contributed by atoms with van der Waals surface area (Å²) in [6.07, 6.45) is 2.42. The summed E-state index contributed by atoms with van der Waals surface area (Å²) in [5.74, 6) is 1.96. The highest BCUT2D eigenvalue weighted by atomic mass is 16.5. The number of ether oxygens (including phenoxy) is 2. The zero-order valence-corrected chi connectivity index (χ0v) is 17.5. The van der Waals surface area contributed by atoms with Crippen molar-refractivity contribution in [2.75, 3.05) is 26.3 Å². The van der Waals surface area contributed by atoms with E-state index in [0.29, 0.717) is 43.6 Å². The van der Waals surface area contributed by atoms with E-state index in [4.69, 9.17) is 14.0 Å². The molecule has 1 amide bonds. The summed E-state index contributed by atoms with van der Waals surface area (Å²) >= 11 is 0. The number of hydrogen-bond acceptors (Lipinski definition) is 6. The maximum Gasteiger partial charge on any atom is 0.260 e. The Kier molecular flexibility index (Phi) is 7.28. The Hall–Kier alpha value is -3.19. The second kappa shape index (κ2) is 10.7. The molecule has 1 aliphatic rings. The fraction of sp³-hybridized carbons (Fsp3) is 0.375. The number of amides is 1. The first-order chi connectivity index (χ1) is 15.3.